The molecule has 2 aromatic carbocycles. The second-order valence-corrected chi connectivity index (χ2v) is 13.6. The van der Waals surface area contributed by atoms with Crippen LogP contribution in [0, 0.1) is 24.2 Å². The van der Waals surface area contributed by atoms with E-state index < -0.39 is 0 Å². The van der Waals surface area contributed by atoms with Crippen LogP contribution >= 0.6 is 0 Å². The second-order valence-electron chi connectivity index (χ2n) is 13.6. The standard InChI is InChI=1S/C36H44N6O2/c1-26-38-32-10-5-6-11-33(32)42(26)31-23-29-12-13-30(24-31)41(29)21-16-36(28-8-3-2-4-9-28)14-19-39(20-15-36)35(44)27-22-34(43)40(25-27)18-7-17-37/h2-6,8-11,27,29-31H,7,12-16,18-25H2,1H3/t27?,29-,30+,31?. The van der Waals surface area contributed by atoms with Crippen LogP contribution in [-0.4, -0.2) is 80.9 Å². The number of nitrogens with zero attached hydrogens (tertiary/aromatic N) is 6. The van der Waals surface area contributed by atoms with Gasteiger partial charge in [-0.3, -0.25) is 14.5 Å². The quantitative estimate of drug-likeness (QED) is 0.358. The fraction of sp³-hybridized carbons (Fsp3) is 0.556. The summed E-state index contributed by atoms with van der Waals surface area (Å²) in [7, 11) is 0. The Labute approximate surface area is 260 Å². The summed E-state index contributed by atoms with van der Waals surface area (Å²) in [5.74, 6) is 0.967. The average Bonchev–Trinajstić information content (AvgIpc) is 3.67. The summed E-state index contributed by atoms with van der Waals surface area (Å²) >= 11 is 0. The first kappa shape index (κ1) is 29.0. The topological polar surface area (TPSA) is 85.5 Å². The molecule has 230 valence electrons. The summed E-state index contributed by atoms with van der Waals surface area (Å²) in [6, 6.07) is 23.4. The molecule has 44 heavy (non-hydrogen) atoms. The number of hydrogen-bond acceptors (Lipinski definition) is 5. The molecule has 0 radical (unpaired) electrons. The first-order chi connectivity index (χ1) is 21.5. The molecule has 4 fully saturated rings. The minimum Gasteiger partial charge on any atom is -0.342 e. The third-order valence-corrected chi connectivity index (χ3v) is 11.3. The van der Waals surface area contributed by atoms with Crippen molar-refractivity contribution in [2.45, 2.75) is 88.3 Å². The highest BCUT2D eigenvalue weighted by Crippen LogP contribution is 2.45. The van der Waals surface area contributed by atoms with Crippen molar-refractivity contribution >= 4 is 22.8 Å². The zero-order valence-electron chi connectivity index (χ0n) is 25.9. The van der Waals surface area contributed by atoms with Crippen molar-refractivity contribution < 1.29 is 9.59 Å². The van der Waals surface area contributed by atoms with Crippen LogP contribution in [0.2, 0.25) is 0 Å². The maximum absolute atomic E-state index is 13.5. The van der Waals surface area contributed by atoms with Gasteiger partial charge in [0.1, 0.15) is 5.82 Å². The number of imidazole rings is 1. The van der Waals surface area contributed by atoms with Crippen molar-refractivity contribution in [2.24, 2.45) is 5.92 Å². The molecule has 4 aliphatic rings. The van der Waals surface area contributed by atoms with E-state index in [4.69, 9.17) is 10.2 Å². The van der Waals surface area contributed by atoms with E-state index in [2.05, 4.69) is 77.1 Å². The van der Waals surface area contributed by atoms with E-state index in [1.807, 2.05) is 4.90 Å². The second kappa shape index (κ2) is 12.0. The van der Waals surface area contributed by atoms with Crippen LogP contribution in [-0.2, 0) is 15.0 Å². The predicted octanol–water partition coefficient (Wildman–Crippen LogP) is 5.23. The minimum atomic E-state index is -0.279. The molecule has 0 spiro atoms. The van der Waals surface area contributed by atoms with Crippen molar-refractivity contribution in [3.05, 3.63) is 66.0 Å². The zero-order chi connectivity index (χ0) is 30.3. The van der Waals surface area contributed by atoms with E-state index in [1.165, 1.54) is 36.8 Å². The Morgan fingerprint density at radius 2 is 1.68 bits per heavy atom. The van der Waals surface area contributed by atoms with Crippen LogP contribution in [0.25, 0.3) is 11.0 Å². The van der Waals surface area contributed by atoms with Gasteiger partial charge >= 0.3 is 0 Å². The summed E-state index contributed by atoms with van der Waals surface area (Å²) in [4.78, 5) is 37.4. The molecule has 0 aliphatic carbocycles. The number of hydrogen-bond donors (Lipinski definition) is 0. The van der Waals surface area contributed by atoms with Crippen molar-refractivity contribution in [3.63, 3.8) is 0 Å². The molecule has 4 saturated heterocycles. The Kier molecular flexibility index (Phi) is 7.92. The Hall–Kier alpha value is -3.70. The number of carbonyl (C=O) groups excluding carboxylic acids is 2. The SMILES string of the molecule is Cc1nc2ccccc2n1C1C[C@H]2CC[C@@H](C1)N2CCC1(c2ccccc2)CCN(C(=O)C2CC(=O)N(CCC#N)C2)CC1. The maximum atomic E-state index is 13.5. The maximum Gasteiger partial charge on any atom is 0.227 e. The summed E-state index contributed by atoms with van der Waals surface area (Å²) in [6.07, 6.45) is 8.52. The van der Waals surface area contributed by atoms with Crippen LogP contribution in [0.1, 0.15) is 75.2 Å². The van der Waals surface area contributed by atoms with Gasteiger partial charge in [0.15, 0.2) is 0 Å². The lowest BCUT2D eigenvalue weighted by atomic mass is 9.70. The predicted molar refractivity (Wildman–Crippen MR) is 170 cm³/mol. The van der Waals surface area contributed by atoms with E-state index in [9.17, 15) is 9.59 Å². The normalized spacial score (nSPS) is 26.8. The number of carbonyl (C=O) groups is 2. The molecular weight excluding hydrogens is 548 g/mol. The van der Waals surface area contributed by atoms with E-state index in [0.29, 0.717) is 37.6 Å². The van der Waals surface area contributed by atoms with Crippen LogP contribution in [0.15, 0.2) is 54.6 Å². The largest absolute Gasteiger partial charge is 0.342 e. The molecule has 8 heteroatoms. The first-order valence-electron chi connectivity index (χ1n) is 16.6. The van der Waals surface area contributed by atoms with Crippen LogP contribution in [0.4, 0.5) is 0 Å². The molecule has 0 N–H and O–H groups in total. The Balaban J connectivity index is 1.02. The smallest absolute Gasteiger partial charge is 0.227 e. The van der Waals surface area contributed by atoms with E-state index in [-0.39, 0.29) is 29.6 Å². The molecule has 5 heterocycles. The number of amides is 2. The van der Waals surface area contributed by atoms with Gasteiger partial charge in [-0.05, 0) is 81.5 Å². The molecule has 7 rings (SSSR count). The van der Waals surface area contributed by atoms with Gasteiger partial charge in [0.2, 0.25) is 11.8 Å². The Morgan fingerprint density at radius 1 is 0.977 bits per heavy atom. The highest BCUT2D eigenvalue weighted by Gasteiger charge is 2.45. The molecular formula is C36H44N6O2. The monoisotopic (exact) mass is 592 g/mol. The highest BCUT2D eigenvalue weighted by atomic mass is 16.2. The van der Waals surface area contributed by atoms with Gasteiger partial charge < -0.3 is 14.4 Å². The zero-order valence-corrected chi connectivity index (χ0v) is 25.9. The number of aryl methyl sites for hydroxylation is 1. The number of benzene rings is 2. The highest BCUT2D eigenvalue weighted by molar-refractivity contribution is 5.89. The number of rotatable bonds is 8. The Morgan fingerprint density at radius 3 is 2.41 bits per heavy atom. The molecule has 1 aromatic heterocycles. The van der Waals surface area contributed by atoms with Crippen molar-refractivity contribution in [3.8, 4) is 6.07 Å². The summed E-state index contributed by atoms with van der Waals surface area (Å²) in [5.41, 5.74) is 3.82. The Bertz CT molecular complexity index is 1540. The first-order valence-corrected chi connectivity index (χ1v) is 16.6. The number of para-hydroxylation sites is 2. The van der Waals surface area contributed by atoms with Gasteiger partial charge in [-0.2, -0.15) is 5.26 Å². The lowest BCUT2D eigenvalue weighted by Crippen LogP contribution is -2.50. The fourth-order valence-corrected chi connectivity index (χ4v) is 9.02. The number of fused-ring (bicyclic) bond motifs is 3. The molecule has 2 bridgehead atoms. The number of likely N-dealkylation sites (tertiary alicyclic amines) is 2. The van der Waals surface area contributed by atoms with Crippen LogP contribution in [0.5, 0.6) is 0 Å². The molecule has 3 aromatic rings. The molecule has 0 saturated carbocycles. The summed E-state index contributed by atoms with van der Waals surface area (Å²) < 4.78 is 2.51. The van der Waals surface area contributed by atoms with Crippen LogP contribution in [0.3, 0.4) is 0 Å². The van der Waals surface area contributed by atoms with Gasteiger partial charge in [-0.1, -0.05) is 42.5 Å². The van der Waals surface area contributed by atoms with Gasteiger partial charge in [0.25, 0.3) is 0 Å². The van der Waals surface area contributed by atoms with Crippen molar-refractivity contribution in [2.75, 3.05) is 32.7 Å². The lowest BCUT2D eigenvalue weighted by Gasteiger charge is -2.46. The minimum absolute atomic E-state index is 0.00373. The van der Waals surface area contributed by atoms with Crippen molar-refractivity contribution in [1.82, 2.24) is 24.3 Å². The van der Waals surface area contributed by atoms with Gasteiger partial charge in [-0.15, -0.1) is 0 Å². The van der Waals surface area contributed by atoms with Crippen LogP contribution < -0.4 is 0 Å². The van der Waals surface area contributed by atoms with Gasteiger partial charge in [-0.25, -0.2) is 4.98 Å². The third kappa shape index (κ3) is 5.30. The number of piperidine rings is 2. The van der Waals surface area contributed by atoms with E-state index in [1.54, 1.807) is 4.90 Å². The molecule has 4 aliphatic heterocycles. The summed E-state index contributed by atoms with van der Waals surface area (Å²) in [5, 5.41) is 8.92. The fourth-order valence-electron chi connectivity index (χ4n) is 9.02. The molecule has 2 amide bonds. The number of aromatic nitrogens is 2. The van der Waals surface area contributed by atoms with Gasteiger partial charge in [0, 0.05) is 50.7 Å². The molecule has 8 nitrogen and oxygen atoms in total. The van der Waals surface area contributed by atoms with Crippen molar-refractivity contribution in [1.29, 1.82) is 5.26 Å². The van der Waals surface area contributed by atoms with E-state index in [0.717, 1.165) is 50.2 Å². The van der Waals surface area contributed by atoms with E-state index >= 15 is 0 Å². The third-order valence-electron chi connectivity index (χ3n) is 11.3. The van der Waals surface area contributed by atoms with Gasteiger partial charge in [0.05, 0.1) is 29.4 Å². The number of nitriles is 1. The average molecular weight is 593 g/mol. The molecule has 2 unspecified atom stereocenters. The molecule has 4 atom stereocenters. The summed E-state index contributed by atoms with van der Waals surface area (Å²) in [6.45, 7) is 5.60. The lowest BCUT2D eigenvalue weighted by molar-refractivity contribution is -0.137.